The van der Waals surface area contributed by atoms with Crippen molar-refractivity contribution < 1.29 is 22.7 Å². The molecule has 1 aromatic rings. The van der Waals surface area contributed by atoms with Crippen LogP contribution < -0.4 is 21.1 Å². The van der Waals surface area contributed by atoms with Gasteiger partial charge in [-0.25, -0.2) is 4.99 Å². The molecule has 0 heterocycles. The fourth-order valence-corrected chi connectivity index (χ4v) is 2.73. The summed E-state index contributed by atoms with van der Waals surface area (Å²) in [5.74, 6) is -0.334. The highest BCUT2D eigenvalue weighted by molar-refractivity contribution is 5.85. The van der Waals surface area contributed by atoms with E-state index in [2.05, 4.69) is 20.4 Å². The summed E-state index contributed by atoms with van der Waals surface area (Å²) >= 11 is 0. The minimum absolute atomic E-state index is 0.0319. The van der Waals surface area contributed by atoms with Crippen LogP contribution in [0.25, 0.3) is 0 Å². The Morgan fingerprint density at radius 1 is 1.19 bits per heavy atom. The summed E-state index contributed by atoms with van der Waals surface area (Å²) in [7, 11) is 0. The van der Waals surface area contributed by atoms with Crippen molar-refractivity contribution in [2.45, 2.75) is 51.1 Å². The zero-order valence-corrected chi connectivity index (χ0v) is 14.3. The number of rotatable bonds is 6. The number of hydrogen-bond donors (Lipinski definition) is 3. The van der Waals surface area contributed by atoms with Gasteiger partial charge in [0, 0.05) is 6.04 Å². The van der Waals surface area contributed by atoms with Gasteiger partial charge in [-0.15, -0.1) is 13.2 Å². The summed E-state index contributed by atoms with van der Waals surface area (Å²) in [6.45, 7) is 0.208. The minimum atomic E-state index is -4.72. The Labute approximate surface area is 150 Å². The number of nitrogens with two attached hydrogens (primary N) is 1. The Hall–Kier alpha value is -2.45. The number of amides is 1. The number of benzene rings is 1. The fourth-order valence-electron chi connectivity index (χ4n) is 2.73. The first-order valence-electron chi connectivity index (χ1n) is 8.50. The lowest BCUT2D eigenvalue weighted by atomic mass is 9.95. The van der Waals surface area contributed by atoms with Gasteiger partial charge in [0.25, 0.3) is 0 Å². The van der Waals surface area contributed by atoms with E-state index in [0.717, 1.165) is 25.7 Å². The van der Waals surface area contributed by atoms with Gasteiger partial charge in [-0.05, 0) is 30.5 Å². The van der Waals surface area contributed by atoms with Gasteiger partial charge in [0.2, 0.25) is 5.91 Å². The molecule has 1 aromatic carbocycles. The Morgan fingerprint density at radius 3 is 2.46 bits per heavy atom. The van der Waals surface area contributed by atoms with Crippen molar-refractivity contribution in [3.8, 4) is 5.75 Å². The number of nitrogens with one attached hydrogen (secondary N) is 2. The first-order chi connectivity index (χ1) is 12.3. The summed E-state index contributed by atoms with van der Waals surface area (Å²) in [5, 5.41) is 5.68. The van der Waals surface area contributed by atoms with Crippen LogP contribution in [0.2, 0.25) is 0 Å². The first kappa shape index (κ1) is 19.9. The van der Waals surface area contributed by atoms with Gasteiger partial charge in [0.05, 0.1) is 13.1 Å². The Kier molecular flexibility index (Phi) is 7.11. The number of carbonyl (C=O) groups excluding carboxylic acids is 1. The number of aliphatic imine (C=N–C) groups is 1. The lowest BCUT2D eigenvalue weighted by Gasteiger charge is -2.22. The quantitative estimate of drug-likeness (QED) is 0.529. The van der Waals surface area contributed by atoms with Gasteiger partial charge in [-0.1, -0.05) is 31.4 Å². The highest BCUT2D eigenvalue weighted by atomic mass is 19.4. The van der Waals surface area contributed by atoms with Crippen LogP contribution >= 0.6 is 0 Å². The normalized spacial score (nSPS) is 16.2. The molecule has 0 bridgehead atoms. The highest BCUT2D eigenvalue weighted by Gasteiger charge is 2.30. The maximum atomic E-state index is 12.1. The standard InChI is InChI=1S/C17H23F3N4O2/c18-17(19,20)26-14-8-6-12(7-9-14)10-22-16(21)23-11-15(25)24-13-4-2-1-3-5-13/h6-9,13H,1-5,10-11H2,(H,24,25)(H3,21,22,23). The van der Waals surface area contributed by atoms with Crippen LogP contribution in [0.1, 0.15) is 37.7 Å². The predicted octanol–water partition coefficient (Wildman–Crippen LogP) is 2.44. The van der Waals surface area contributed by atoms with E-state index in [1.54, 1.807) is 0 Å². The lowest BCUT2D eigenvalue weighted by Crippen LogP contribution is -2.44. The van der Waals surface area contributed by atoms with Gasteiger partial charge in [0.1, 0.15) is 5.75 Å². The molecule has 4 N–H and O–H groups in total. The Bertz CT molecular complexity index is 611. The molecule has 0 spiro atoms. The number of halogens is 3. The fraction of sp³-hybridized carbons (Fsp3) is 0.529. The van der Waals surface area contributed by atoms with Crippen molar-refractivity contribution in [2.75, 3.05) is 6.54 Å². The van der Waals surface area contributed by atoms with Crippen LogP contribution in [0, 0.1) is 0 Å². The number of guanidine groups is 1. The molecule has 1 aliphatic carbocycles. The van der Waals surface area contributed by atoms with E-state index in [0.29, 0.717) is 5.56 Å². The third-order valence-corrected chi connectivity index (χ3v) is 3.99. The van der Waals surface area contributed by atoms with E-state index < -0.39 is 6.36 Å². The summed E-state index contributed by atoms with van der Waals surface area (Å²) in [5.41, 5.74) is 6.36. The number of alkyl halides is 3. The Balaban J connectivity index is 1.72. The molecule has 2 rings (SSSR count). The van der Waals surface area contributed by atoms with Crippen LogP contribution in [-0.4, -0.2) is 30.8 Å². The molecule has 0 saturated heterocycles. The molecular weight excluding hydrogens is 349 g/mol. The lowest BCUT2D eigenvalue weighted by molar-refractivity contribution is -0.274. The summed E-state index contributed by atoms with van der Waals surface area (Å²) in [6, 6.07) is 5.58. The molecule has 26 heavy (non-hydrogen) atoms. The molecule has 9 heteroatoms. The van der Waals surface area contributed by atoms with Crippen molar-refractivity contribution in [2.24, 2.45) is 10.7 Å². The van der Waals surface area contributed by atoms with Gasteiger partial charge in [-0.3, -0.25) is 4.79 Å². The smallest absolute Gasteiger partial charge is 0.406 e. The van der Waals surface area contributed by atoms with Crippen LogP contribution in [0.3, 0.4) is 0 Å². The monoisotopic (exact) mass is 372 g/mol. The highest BCUT2D eigenvalue weighted by Crippen LogP contribution is 2.22. The number of carbonyl (C=O) groups is 1. The van der Waals surface area contributed by atoms with Crippen LogP contribution in [0.5, 0.6) is 5.75 Å². The molecule has 1 fully saturated rings. The molecular formula is C17H23F3N4O2. The SMILES string of the molecule is NC(=NCc1ccc(OC(F)(F)F)cc1)NCC(=O)NC1CCCCC1. The molecule has 0 aromatic heterocycles. The van der Waals surface area contributed by atoms with E-state index >= 15 is 0 Å². The van der Waals surface area contributed by atoms with Crippen molar-refractivity contribution in [1.82, 2.24) is 10.6 Å². The van der Waals surface area contributed by atoms with E-state index in [-0.39, 0.29) is 36.7 Å². The minimum Gasteiger partial charge on any atom is -0.406 e. The second-order valence-corrected chi connectivity index (χ2v) is 6.15. The molecule has 0 atom stereocenters. The largest absolute Gasteiger partial charge is 0.573 e. The average molecular weight is 372 g/mol. The second kappa shape index (κ2) is 9.30. The van der Waals surface area contributed by atoms with Crippen molar-refractivity contribution >= 4 is 11.9 Å². The van der Waals surface area contributed by atoms with E-state index in [4.69, 9.17) is 5.73 Å². The molecule has 0 aliphatic heterocycles. The van der Waals surface area contributed by atoms with Crippen molar-refractivity contribution in [1.29, 1.82) is 0 Å². The number of ether oxygens (including phenoxy) is 1. The van der Waals surface area contributed by atoms with Gasteiger partial charge < -0.3 is 21.1 Å². The van der Waals surface area contributed by atoms with Gasteiger partial charge in [0.15, 0.2) is 5.96 Å². The zero-order chi connectivity index (χ0) is 19.0. The van der Waals surface area contributed by atoms with Crippen molar-refractivity contribution in [3.63, 3.8) is 0 Å². The summed E-state index contributed by atoms with van der Waals surface area (Å²) in [4.78, 5) is 15.9. The summed E-state index contributed by atoms with van der Waals surface area (Å²) in [6.07, 6.45) is 0.774. The molecule has 0 radical (unpaired) electrons. The second-order valence-electron chi connectivity index (χ2n) is 6.15. The average Bonchev–Trinajstić information content (AvgIpc) is 2.59. The molecule has 0 unspecified atom stereocenters. The van der Waals surface area contributed by atoms with Crippen LogP contribution in [0.15, 0.2) is 29.3 Å². The van der Waals surface area contributed by atoms with Crippen LogP contribution in [-0.2, 0) is 11.3 Å². The number of nitrogens with zero attached hydrogens (tertiary/aromatic N) is 1. The number of hydrogen-bond acceptors (Lipinski definition) is 3. The maximum Gasteiger partial charge on any atom is 0.573 e. The molecule has 144 valence electrons. The van der Waals surface area contributed by atoms with Gasteiger partial charge in [-0.2, -0.15) is 0 Å². The van der Waals surface area contributed by atoms with Crippen LogP contribution in [0.4, 0.5) is 13.2 Å². The molecule has 6 nitrogen and oxygen atoms in total. The topological polar surface area (TPSA) is 88.7 Å². The van der Waals surface area contributed by atoms with E-state index in [1.807, 2.05) is 0 Å². The third kappa shape index (κ3) is 7.62. The van der Waals surface area contributed by atoms with Gasteiger partial charge >= 0.3 is 6.36 Å². The summed E-state index contributed by atoms with van der Waals surface area (Å²) < 4.78 is 40.1. The van der Waals surface area contributed by atoms with E-state index in [1.165, 1.54) is 30.7 Å². The molecule has 1 aliphatic rings. The van der Waals surface area contributed by atoms with E-state index in [9.17, 15) is 18.0 Å². The predicted molar refractivity (Wildman–Crippen MR) is 91.5 cm³/mol. The Morgan fingerprint density at radius 2 is 1.85 bits per heavy atom. The molecule has 1 saturated carbocycles. The zero-order valence-electron chi connectivity index (χ0n) is 14.3. The maximum absolute atomic E-state index is 12.1. The van der Waals surface area contributed by atoms with Crippen molar-refractivity contribution in [3.05, 3.63) is 29.8 Å². The molecule has 1 amide bonds. The first-order valence-corrected chi connectivity index (χ1v) is 8.50. The third-order valence-electron chi connectivity index (χ3n) is 3.99.